The molecule has 6 N–H and O–H groups in total. The van der Waals surface area contributed by atoms with Crippen LogP contribution >= 0.6 is 0 Å². The van der Waals surface area contributed by atoms with Crippen LogP contribution in [0.15, 0.2) is 24.3 Å². The van der Waals surface area contributed by atoms with Gasteiger partial charge in [-0.05, 0) is 32.1 Å². The highest BCUT2D eigenvalue weighted by Crippen LogP contribution is 2.22. The van der Waals surface area contributed by atoms with Crippen LogP contribution in [0.2, 0.25) is 0 Å². The molecule has 1 fully saturated rings. The molecule has 54 heavy (non-hydrogen) atoms. The summed E-state index contributed by atoms with van der Waals surface area (Å²) >= 11 is 0. The van der Waals surface area contributed by atoms with Crippen LogP contribution in [0.4, 0.5) is 0 Å². The van der Waals surface area contributed by atoms with Gasteiger partial charge in [-0.2, -0.15) is 0 Å². The van der Waals surface area contributed by atoms with Crippen molar-refractivity contribution in [3.63, 3.8) is 0 Å². The maximum absolute atomic E-state index is 12.8. The van der Waals surface area contributed by atoms with E-state index in [0.29, 0.717) is 6.42 Å². The smallest absolute Gasteiger partial charge is 0.220 e. The van der Waals surface area contributed by atoms with Gasteiger partial charge in [0.05, 0.1) is 25.4 Å². The van der Waals surface area contributed by atoms with Crippen LogP contribution in [-0.2, 0) is 14.3 Å². The third-order valence-electron chi connectivity index (χ3n) is 10.8. The van der Waals surface area contributed by atoms with Crippen molar-refractivity contribution >= 4 is 5.91 Å². The molecule has 1 saturated heterocycles. The van der Waals surface area contributed by atoms with Crippen LogP contribution < -0.4 is 5.32 Å². The Hall–Kier alpha value is -1.33. The summed E-state index contributed by atoms with van der Waals surface area (Å²) in [4.78, 5) is 12.8. The number of aliphatic hydroxyl groups excluding tert-OH is 5. The Kier molecular flexibility index (Phi) is 33.8. The number of carbonyl (C=O) groups excluding carboxylic acids is 1. The fourth-order valence-electron chi connectivity index (χ4n) is 7.11. The maximum Gasteiger partial charge on any atom is 0.220 e. The lowest BCUT2D eigenvalue weighted by Gasteiger charge is -2.40. The third kappa shape index (κ3) is 26.5. The number of aliphatic hydroxyl groups is 5. The summed E-state index contributed by atoms with van der Waals surface area (Å²) in [5, 5.41) is 54.0. The lowest BCUT2D eigenvalue weighted by molar-refractivity contribution is -0.302. The minimum atomic E-state index is -1.57. The van der Waals surface area contributed by atoms with E-state index in [9.17, 15) is 30.3 Å². The zero-order valence-electron chi connectivity index (χ0n) is 34.7. The van der Waals surface area contributed by atoms with Gasteiger partial charge in [-0.25, -0.2) is 0 Å². The second kappa shape index (κ2) is 36.0. The van der Waals surface area contributed by atoms with E-state index in [0.717, 1.165) is 38.5 Å². The molecule has 0 radical (unpaired) electrons. The lowest BCUT2D eigenvalue weighted by Crippen LogP contribution is -2.60. The molecule has 0 saturated carbocycles. The summed E-state index contributed by atoms with van der Waals surface area (Å²) in [6, 6.07) is -0.815. The standard InChI is InChI=1S/C45H85NO8/c1-3-5-7-9-11-13-14-15-16-17-18-19-20-21-22-23-24-25-27-28-30-32-34-39(48)38(37-53-45-44(52)43(51)42(50)40(36-47)54-45)46-41(49)35-33-31-29-26-12-10-8-6-4-2/h25,27,32,34,38-40,42-45,47-48,50-52H,3-24,26,28-31,33,35-37H2,1-2H3,(H,46,49)/b27-25+,34-32+. The molecule has 0 aromatic heterocycles. The molecule has 1 heterocycles. The van der Waals surface area contributed by atoms with Gasteiger partial charge in [0.25, 0.3) is 0 Å². The highest BCUT2D eigenvalue weighted by Gasteiger charge is 2.44. The summed E-state index contributed by atoms with van der Waals surface area (Å²) in [5.74, 6) is -0.190. The quantitative estimate of drug-likeness (QED) is 0.0271. The van der Waals surface area contributed by atoms with Gasteiger partial charge in [-0.15, -0.1) is 0 Å². The fourth-order valence-corrected chi connectivity index (χ4v) is 7.11. The Bertz CT molecular complexity index is 899. The van der Waals surface area contributed by atoms with Crippen molar-refractivity contribution in [1.29, 1.82) is 0 Å². The molecule has 0 aliphatic carbocycles. The van der Waals surface area contributed by atoms with Gasteiger partial charge in [0.2, 0.25) is 5.91 Å². The number of allylic oxidation sites excluding steroid dienone is 3. The number of carbonyl (C=O) groups is 1. The molecule has 1 amide bonds. The van der Waals surface area contributed by atoms with Crippen LogP contribution in [0.25, 0.3) is 0 Å². The number of hydrogen-bond acceptors (Lipinski definition) is 8. The van der Waals surface area contributed by atoms with E-state index in [2.05, 4.69) is 31.3 Å². The van der Waals surface area contributed by atoms with E-state index in [4.69, 9.17) is 9.47 Å². The number of ether oxygens (including phenoxy) is 2. The third-order valence-corrected chi connectivity index (χ3v) is 10.8. The molecule has 7 unspecified atom stereocenters. The van der Waals surface area contributed by atoms with E-state index in [1.807, 2.05) is 6.08 Å². The van der Waals surface area contributed by atoms with Crippen LogP contribution in [0.3, 0.4) is 0 Å². The summed E-state index contributed by atoms with van der Waals surface area (Å²) < 4.78 is 11.2. The van der Waals surface area contributed by atoms with Crippen LogP contribution in [-0.4, -0.2) is 87.5 Å². The first kappa shape index (κ1) is 50.7. The van der Waals surface area contributed by atoms with E-state index < -0.39 is 49.5 Å². The van der Waals surface area contributed by atoms with Crippen molar-refractivity contribution in [3.8, 4) is 0 Å². The molecule has 0 aromatic rings. The van der Waals surface area contributed by atoms with Crippen molar-refractivity contribution in [2.75, 3.05) is 13.2 Å². The molecular weight excluding hydrogens is 682 g/mol. The van der Waals surface area contributed by atoms with Crippen LogP contribution in [0.1, 0.15) is 200 Å². The van der Waals surface area contributed by atoms with Crippen molar-refractivity contribution in [3.05, 3.63) is 24.3 Å². The molecule has 9 nitrogen and oxygen atoms in total. The zero-order chi connectivity index (χ0) is 39.5. The molecule has 1 aliphatic heterocycles. The van der Waals surface area contributed by atoms with Gasteiger partial charge in [-0.3, -0.25) is 4.79 Å². The molecule has 0 bridgehead atoms. The molecule has 318 valence electrons. The van der Waals surface area contributed by atoms with Gasteiger partial charge in [0.1, 0.15) is 24.4 Å². The normalized spacial score (nSPS) is 21.6. The van der Waals surface area contributed by atoms with Gasteiger partial charge < -0.3 is 40.3 Å². The summed E-state index contributed by atoms with van der Waals surface area (Å²) in [7, 11) is 0. The Balaban J connectivity index is 2.32. The Morgan fingerprint density at radius 3 is 1.56 bits per heavy atom. The molecule has 0 aromatic carbocycles. The average Bonchev–Trinajstić information content (AvgIpc) is 3.17. The van der Waals surface area contributed by atoms with Gasteiger partial charge in [0, 0.05) is 6.42 Å². The summed E-state index contributed by atoms with van der Waals surface area (Å²) in [6.07, 6.45) is 35.3. The summed E-state index contributed by atoms with van der Waals surface area (Å²) in [6.45, 7) is 3.73. The van der Waals surface area contributed by atoms with Crippen molar-refractivity contribution in [1.82, 2.24) is 5.32 Å². The topological polar surface area (TPSA) is 149 Å². The van der Waals surface area contributed by atoms with Gasteiger partial charge in [-0.1, -0.05) is 186 Å². The highest BCUT2D eigenvalue weighted by atomic mass is 16.7. The molecule has 1 aliphatic rings. The van der Waals surface area contributed by atoms with E-state index in [-0.39, 0.29) is 12.5 Å². The highest BCUT2D eigenvalue weighted by molar-refractivity contribution is 5.76. The van der Waals surface area contributed by atoms with Gasteiger partial charge >= 0.3 is 0 Å². The molecule has 1 rings (SSSR count). The number of rotatable bonds is 37. The number of unbranched alkanes of at least 4 members (excludes halogenated alkanes) is 25. The van der Waals surface area contributed by atoms with E-state index in [1.54, 1.807) is 6.08 Å². The number of nitrogens with one attached hydrogen (secondary N) is 1. The average molecular weight is 768 g/mol. The second-order valence-corrected chi connectivity index (χ2v) is 15.8. The largest absolute Gasteiger partial charge is 0.394 e. The SMILES string of the molecule is CCCCCCCCCCCCCCCCCC/C=C/CC/C=C/C(O)C(COC1OC(CO)C(O)C(O)C1O)NC(=O)CCCCCCCCCCC. The van der Waals surface area contributed by atoms with Gasteiger partial charge in [0.15, 0.2) is 6.29 Å². The minimum absolute atomic E-state index is 0.190. The van der Waals surface area contributed by atoms with Crippen molar-refractivity contribution < 1.29 is 39.8 Å². The Morgan fingerprint density at radius 1 is 0.611 bits per heavy atom. The van der Waals surface area contributed by atoms with Crippen LogP contribution in [0.5, 0.6) is 0 Å². The van der Waals surface area contributed by atoms with Crippen molar-refractivity contribution in [2.24, 2.45) is 0 Å². The minimum Gasteiger partial charge on any atom is -0.394 e. The predicted molar refractivity (Wildman–Crippen MR) is 221 cm³/mol. The molecular formula is C45H85NO8. The fraction of sp³-hybridized carbons (Fsp3) is 0.889. The Labute approximate surface area is 330 Å². The first-order chi connectivity index (χ1) is 26.3. The first-order valence-electron chi connectivity index (χ1n) is 22.6. The lowest BCUT2D eigenvalue weighted by atomic mass is 9.99. The van der Waals surface area contributed by atoms with E-state index in [1.165, 1.54) is 141 Å². The first-order valence-corrected chi connectivity index (χ1v) is 22.6. The second-order valence-electron chi connectivity index (χ2n) is 15.8. The predicted octanol–water partition coefficient (Wildman–Crippen LogP) is 9.11. The number of hydrogen-bond donors (Lipinski definition) is 6. The monoisotopic (exact) mass is 768 g/mol. The maximum atomic E-state index is 12.8. The van der Waals surface area contributed by atoms with E-state index >= 15 is 0 Å². The molecule has 0 spiro atoms. The molecule has 7 atom stereocenters. The Morgan fingerprint density at radius 2 is 1.06 bits per heavy atom. The van der Waals surface area contributed by atoms with Crippen molar-refractivity contribution in [2.45, 2.75) is 243 Å². The number of amides is 1. The molecule has 9 heteroatoms. The summed E-state index contributed by atoms with van der Waals surface area (Å²) in [5.41, 5.74) is 0. The zero-order valence-corrected chi connectivity index (χ0v) is 34.7. The van der Waals surface area contributed by atoms with Crippen LogP contribution in [0, 0.1) is 0 Å².